The first kappa shape index (κ1) is 26.9. The van der Waals surface area contributed by atoms with Gasteiger partial charge in [-0.25, -0.2) is 13.2 Å². The summed E-state index contributed by atoms with van der Waals surface area (Å²) in [5.41, 5.74) is 2.10. The van der Waals surface area contributed by atoms with E-state index in [9.17, 15) is 13.2 Å². The van der Waals surface area contributed by atoms with Crippen LogP contribution in [0.5, 0.6) is 0 Å². The lowest BCUT2D eigenvalue weighted by molar-refractivity contribution is 0.0602. The van der Waals surface area contributed by atoms with E-state index >= 15 is 0 Å². The largest absolute Gasteiger partial charge is 0.465 e. The Morgan fingerprint density at radius 2 is 1.54 bits per heavy atom. The van der Waals surface area contributed by atoms with E-state index in [1.165, 1.54) is 48.8 Å². The summed E-state index contributed by atoms with van der Waals surface area (Å²) in [6.07, 6.45) is 0. The van der Waals surface area contributed by atoms with Crippen molar-refractivity contribution >= 4 is 84.2 Å². The van der Waals surface area contributed by atoms with Gasteiger partial charge in [0, 0.05) is 20.6 Å². The minimum absolute atomic E-state index is 0.0340. The van der Waals surface area contributed by atoms with Crippen molar-refractivity contribution in [2.24, 2.45) is 0 Å². The topological polar surface area (TPSA) is 96.5 Å². The molecule has 3 N–H and O–H groups in total. The molecule has 0 atom stereocenters. The summed E-state index contributed by atoms with van der Waals surface area (Å²) in [6.45, 7) is 0. The van der Waals surface area contributed by atoms with Crippen LogP contribution in [0, 0.1) is 0 Å². The van der Waals surface area contributed by atoms with Gasteiger partial charge >= 0.3 is 5.97 Å². The van der Waals surface area contributed by atoms with Gasteiger partial charge in [0.2, 0.25) is 0 Å². The molecule has 1 aromatic heterocycles. The summed E-state index contributed by atoms with van der Waals surface area (Å²) in [5, 5.41) is 7.38. The second-order valence-corrected chi connectivity index (χ2v) is 11.6. The highest BCUT2D eigenvalue weighted by Gasteiger charge is 2.19. The molecule has 0 bridgehead atoms. The first-order valence-corrected chi connectivity index (χ1v) is 14.1. The molecular formula is C25H19Cl2N3O4S3. The highest BCUT2D eigenvalue weighted by Crippen LogP contribution is 2.36. The molecule has 7 nitrogen and oxygen atoms in total. The van der Waals surface area contributed by atoms with E-state index in [4.69, 9.17) is 40.2 Å². The second kappa shape index (κ2) is 11.5. The van der Waals surface area contributed by atoms with Crippen molar-refractivity contribution in [3.63, 3.8) is 0 Å². The lowest BCUT2D eigenvalue weighted by atomic mass is 10.1. The Hall–Kier alpha value is -3.15. The average Bonchev–Trinajstić information content (AvgIpc) is 3.27. The third kappa shape index (κ3) is 6.79. The molecule has 0 aliphatic rings. The number of thiophene rings is 1. The molecule has 0 aliphatic heterocycles. The van der Waals surface area contributed by atoms with Crippen molar-refractivity contribution in [3.05, 3.63) is 94.5 Å². The molecule has 1 heterocycles. The van der Waals surface area contributed by atoms with Gasteiger partial charge in [-0.3, -0.25) is 4.72 Å². The number of thiocarbonyl (C=S) groups is 1. The van der Waals surface area contributed by atoms with E-state index < -0.39 is 16.0 Å². The number of anilines is 3. The van der Waals surface area contributed by atoms with Crippen LogP contribution < -0.4 is 15.4 Å². The zero-order valence-corrected chi connectivity index (χ0v) is 23.1. The number of halogens is 2. The minimum atomic E-state index is -3.88. The Labute approximate surface area is 233 Å². The standard InChI is InChI=1S/C25H19Cl2N3O4S3/c1-34-24(31)21-14-22(15-5-3-2-4-6-15)36-23(21)29-25(35)28-18-7-9-20(10-8-18)37(32,33)30-19-12-16(26)11-17(27)13-19/h2-14,30H,1H3,(H2,28,29,35). The monoisotopic (exact) mass is 591 g/mol. The molecule has 0 unspecified atom stereocenters. The fourth-order valence-electron chi connectivity index (χ4n) is 3.30. The number of ether oxygens (including phenoxy) is 1. The van der Waals surface area contributed by atoms with E-state index in [0.717, 1.165) is 10.4 Å². The van der Waals surface area contributed by atoms with E-state index in [0.29, 0.717) is 26.3 Å². The van der Waals surface area contributed by atoms with Gasteiger partial charge in [0.05, 0.1) is 23.3 Å². The molecule has 0 aliphatic carbocycles. The number of hydrogen-bond donors (Lipinski definition) is 3. The number of carbonyl (C=O) groups excluding carboxylic acids is 1. The molecule has 4 aromatic rings. The smallest absolute Gasteiger partial charge is 0.340 e. The summed E-state index contributed by atoms with van der Waals surface area (Å²) < 4.78 is 32.9. The number of nitrogens with one attached hydrogen (secondary N) is 3. The quantitative estimate of drug-likeness (QED) is 0.155. The highest BCUT2D eigenvalue weighted by atomic mass is 35.5. The van der Waals surface area contributed by atoms with Crippen molar-refractivity contribution in [1.82, 2.24) is 0 Å². The van der Waals surface area contributed by atoms with Crippen LogP contribution in [0.2, 0.25) is 10.0 Å². The maximum absolute atomic E-state index is 12.7. The van der Waals surface area contributed by atoms with Crippen molar-refractivity contribution in [3.8, 4) is 10.4 Å². The number of methoxy groups -OCH3 is 1. The zero-order valence-electron chi connectivity index (χ0n) is 19.1. The lowest BCUT2D eigenvalue weighted by Crippen LogP contribution is -2.20. The van der Waals surface area contributed by atoms with Crippen molar-refractivity contribution in [2.45, 2.75) is 4.90 Å². The number of hydrogen-bond acceptors (Lipinski definition) is 6. The van der Waals surface area contributed by atoms with Crippen LogP contribution in [0.4, 0.5) is 16.4 Å². The molecule has 190 valence electrons. The number of sulfonamides is 1. The van der Waals surface area contributed by atoms with Crippen LogP contribution in [-0.2, 0) is 14.8 Å². The Bertz CT molecular complexity index is 1540. The summed E-state index contributed by atoms with van der Waals surface area (Å²) in [5.74, 6) is -0.494. The molecule has 4 rings (SSSR count). The number of esters is 1. The first-order chi connectivity index (χ1) is 17.6. The number of benzene rings is 3. The van der Waals surface area contributed by atoms with Crippen LogP contribution >= 0.6 is 46.8 Å². The van der Waals surface area contributed by atoms with Crippen LogP contribution in [0.1, 0.15) is 10.4 Å². The van der Waals surface area contributed by atoms with Crippen molar-refractivity contribution in [2.75, 3.05) is 22.5 Å². The second-order valence-electron chi connectivity index (χ2n) is 7.58. The molecule has 0 saturated carbocycles. The van der Waals surface area contributed by atoms with Gasteiger partial charge in [0.25, 0.3) is 10.0 Å². The maximum atomic E-state index is 12.7. The van der Waals surface area contributed by atoms with Crippen LogP contribution in [-0.4, -0.2) is 26.6 Å². The molecule has 0 spiro atoms. The number of rotatable bonds is 7. The molecular weight excluding hydrogens is 573 g/mol. The van der Waals surface area contributed by atoms with Gasteiger partial charge < -0.3 is 15.4 Å². The third-order valence-electron chi connectivity index (χ3n) is 4.96. The predicted octanol–water partition coefficient (Wildman–Crippen LogP) is 7.12. The molecule has 0 radical (unpaired) electrons. The third-order valence-corrected chi connectivity index (χ3v) is 8.10. The van der Waals surface area contributed by atoms with Gasteiger partial charge in [-0.2, -0.15) is 0 Å². The number of carbonyl (C=O) groups is 1. The van der Waals surface area contributed by atoms with E-state index in [1.807, 2.05) is 30.3 Å². The van der Waals surface area contributed by atoms with E-state index in [-0.39, 0.29) is 15.7 Å². The summed E-state index contributed by atoms with van der Waals surface area (Å²) >= 11 is 18.7. The Balaban J connectivity index is 1.47. The summed E-state index contributed by atoms with van der Waals surface area (Å²) in [4.78, 5) is 13.2. The van der Waals surface area contributed by atoms with E-state index in [2.05, 4.69) is 15.4 Å². The average molecular weight is 593 g/mol. The Kier molecular flexibility index (Phi) is 8.35. The minimum Gasteiger partial charge on any atom is -0.465 e. The first-order valence-electron chi connectivity index (χ1n) is 10.6. The molecule has 37 heavy (non-hydrogen) atoms. The van der Waals surface area contributed by atoms with Crippen molar-refractivity contribution in [1.29, 1.82) is 0 Å². The van der Waals surface area contributed by atoms with Gasteiger partial charge in [-0.05, 0) is 66.3 Å². The SMILES string of the molecule is COC(=O)c1cc(-c2ccccc2)sc1NC(=S)Nc1ccc(S(=O)(=O)Nc2cc(Cl)cc(Cl)c2)cc1. The van der Waals surface area contributed by atoms with Gasteiger partial charge in [-0.1, -0.05) is 53.5 Å². The normalized spacial score (nSPS) is 11.0. The Morgan fingerprint density at radius 1 is 0.892 bits per heavy atom. The van der Waals surface area contributed by atoms with Crippen LogP contribution in [0.3, 0.4) is 0 Å². The Morgan fingerprint density at radius 3 is 2.16 bits per heavy atom. The summed E-state index contributed by atoms with van der Waals surface area (Å²) in [7, 11) is -2.56. The van der Waals surface area contributed by atoms with Gasteiger partial charge in [0.15, 0.2) is 5.11 Å². The fourth-order valence-corrected chi connectivity index (χ4v) is 6.21. The predicted molar refractivity (Wildman–Crippen MR) is 155 cm³/mol. The molecule has 12 heteroatoms. The van der Waals surface area contributed by atoms with Crippen LogP contribution in [0.25, 0.3) is 10.4 Å². The summed E-state index contributed by atoms with van der Waals surface area (Å²) in [6, 6.07) is 21.8. The fraction of sp³-hybridized carbons (Fsp3) is 0.0400. The lowest BCUT2D eigenvalue weighted by Gasteiger charge is -2.12. The van der Waals surface area contributed by atoms with Gasteiger partial charge in [0.1, 0.15) is 5.00 Å². The highest BCUT2D eigenvalue weighted by molar-refractivity contribution is 7.92. The van der Waals surface area contributed by atoms with Crippen molar-refractivity contribution < 1.29 is 17.9 Å². The maximum Gasteiger partial charge on any atom is 0.340 e. The molecule has 0 saturated heterocycles. The molecule has 3 aromatic carbocycles. The molecule has 0 amide bonds. The van der Waals surface area contributed by atoms with E-state index in [1.54, 1.807) is 18.2 Å². The van der Waals surface area contributed by atoms with Crippen LogP contribution in [0.15, 0.2) is 83.8 Å². The van der Waals surface area contributed by atoms with Gasteiger partial charge in [-0.15, -0.1) is 11.3 Å². The zero-order chi connectivity index (χ0) is 26.6. The molecule has 0 fully saturated rings.